The Morgan fingerprint density at radius 3 is 2.86 bits per heavy atom. The molecule has 1 aliphatic rings. The predicted molar refractivity (Wildman–Crippen MR) is 78.5 cm³/mol. The van der Waals surface area contributed by atoms with E-state index in [-0.39, 0.29) is 0 Å². The molecule has 1 aliphatic heterocycles. The number of aromatic nitrogens is 5. The average molecular weight is 280 g/mol. The van der Waals surface area contributed by atoms with Crippen molar-refractivity contribution in [3.63, 3.8) is 0 Å². The highest BCUT2D eigenvalue weighted by atomic mass is 15.5. The van der Waals surface area contributed by atoms with Gasteiger partial charge >= 0.3 is 0 Å². The van der Waals surface area contributed by atoms with Crippen molar-refractivity contribution >= 4 is 0 Å². The van der Waals surface area contributed by atoms with Gasteiger partial charge in [-0.3, -0.25) is 0 Å². The van der Waals surface area contributed by atoms with Crippen LogP contribution in [-0.2, 0) is 13.0 Å². The third-order valence-corrected chi connectivity index (χ3v) is 3.80. The largest absolute Gasteiger partial charge is 0.308 e. The normalized spacial score (nSPS) is 17.7. The number of hydrogen-bond donors (Lipinski definition) is 1. The first kappa shape index (κ1) is 12.3. The minimum atomic E-state index is 0.433. The van der Waals surface area contributed by atoms with Crippen molar-refractivity contribution in [2.75, 3.05) is 0 Å². The van der Waals surface area contributed by atoms with Crippen LogP contribution in [-0.4, -0.2) is 30.8 Å². The molecular weight excluding hydrogens is 264 g/mol. The Hall–Kier alpha value is -2.47. The van der Waals surface area contributed by atoms with Gasteiger partial charge in [0.25, 0.3) is 0 Å². The Morgan fingerprint density at radius 2 is 2.00 bits per heavy atom. The van der Waals surface area contributed by atoms with Gasteiger partial charge in [0.15, 0.2) is 5.82 Å². The zero-order valence-corrected chi connectivity index (χ0v) is 11.8. The molecule has 6 nitrogen and oxygen atoms in total. The number of rotatable bonds is 2. The molecule has 0 aliphatic carbocycles. The first-order chi connectivity index (χ1) is 10.3. The van der Waals surface area contributed by atoms with Crippen LogP contribution < -0.4 is 5.32 Å². The number of nitrogens with zero attached hydrogens (tertiary/aromatic N) is 5. The van der Waals surface area contributed by atoms with Crippen molar-refractivity contribution in [2.45, 2.75) is 25.9 Å². The molecule has 1 N–H and O–H groups in total. The lowest BCUT2D eigenvalue weighted by atomic mass is 10.1. The molecule has 1 aromatic carbocycles. The molecule has 0 amide bonds. The molecule has 0 saturated carbocycles. The van der Waals surface area contributed by atoms with Gasteiger partial charge in [-0.1, -0.05) is 23.4 Å². The van der Waals surface area contributed by atoms with Crippen LogP contribution >= 0.6 is 0 Å². The van der Waals surface area contributed by atoms with Crippen molar-refractivity contribution in [1.82, 2.24) is 30.1 Å². The molecule has 1 unspecified atom stereocenters. The lowest BCUT2D eigenvalue weighted by Crippen LogP contribution is -2.33. The van der Waals surface area contributed by atoms with Gasteiger partial charge in [0, 0.05) is 25.1 Å². The monoisotopic (exact) mass is 280 g/mol. The topological polar surface area (TPSA) is 60.6 Å². The second-order valence-electron chi connectivity index (χ2n) is 5.32. The van der Waals surface area contributed by atoms with E-state index >= 15 is 0 Å². The van der Waals surface area contributed by atoms with E-state index < -0.39 is 0 Å². The lowest BCUT2D eigenvalue weighted by molar-refractivity contribution is 0.497. The molecule has 4 rings (SSSR count). The maximum absolute atomic E-state index is 4.42. The molecule has 2 aromatic heterocycles. The molecule has 1 atom stereocenters. The smallest absolute Gasteiger partial charge is 0.159 e. The van der Waals surface area contributed by atoms with Crippen LogP contribution in [0.15, 0.2) is 42.6 Å². The molecular formula is C15H16N6. The van der Waals surface area contributed by atoms with Crippen LogP contribution in [0.25, 0.3) is 11.5 Å². The summed E-state index contributed by atoms with van der Waals surface area (Å²) in [5.41, 5.74) is 3.21. The molecule has 0 saturated heterocycles. The Kier molecular flexibility index (Phi) is 2.82. The van der Waals surface area contributed by atoms with Gasteiger partial charge in [-0.05, 0) is 19.1 Å². The molecule has 0 bridgehead atoms. The zero-order valence-electron chi connectivity index (χ0n) is 11.8. The average Bonchev–Trinajstić information content (AvgIpc) is 3.13. The maximum atomic E-state index is 4.42. The molecule has 0 fully saturated rings. The highest BCUT2D eigenvalue weighted by molar-refractivity contribution is 5.38. The van der Waals surface area contributed by atoms with Crippen LogP contribution in [0.5, 0.6) is 0 Å². The van der Waals surface area contributed by atoms with Gasteiger partial charge < -0.3 is 5.32 Å². The molecule has 6 heteroatoms. The van der Waals surface area contributed by atoms with Crippen LogP contribution in [0.1, 0.15) is 18.3 Å². The Labute approximate surface area is 122 Å². The summed E-state index contributed by atoms with van der Waals surface area (Å²) in [7, 11) is 0. The maximum Gasteiger partial charge on any atom is 0.159 e. The highest BCUT2D eigenvalue weighted by Gasteiger charge is 2.23. The zero-order chi connectivity index (χ0) is 14.2. The fourth-order valence-electron chi connectivity index (χ4n) is 2.72. The SMILES string of the molecule is CC1Cc2c(nnn2-c2ccnn2-c2ccccc2)CN1. The minimum Gasteiger partial charge on any atom is -0.308 e. The summed E-state index contributed by atoms with van der Waals surface area (Å²) < 4.78 is 3.80. The van der Waals surface area contributed by atoms with Gasteiger partial charge in [-0.2, -0.15) is 9.78 Å². The standard InChI is InChI=1S/C15H16N6/c1-11-9-14-13(10-16-11)18-19-21(14)15-7-8-17-20(15)12-5-3-2-4-6-12/h2-8,11,16H,9-10H2,1H3. The highest BCUT2D eigenvalue weighted by Crippen LogP contribution is 2.20. The van der Waals surface area contributed by atoms with E-state index in [0.29, 0.717) is 6.04 Å². The fourth-order valence-corrected chi connectivity index (χ4v) is 2.72. The summed E-state index contributed by atoms with van der Waals surface area (Å²) in [6.45, 7) is 2.95. The number of benzene rings is 1. The Morgan fingerprint density at radius 1 is 1.14 bits per heavy atom. The first-order valence-electron chi connectivity index (χ1n) is 7.09. The second-order valence-corrected chi connectivity index (χ2v) is 5.32. The third-order valence-electron chi connectivity index (χ3n) is 3.80. The fraction of sp³-hybridized carbons (Fsp3) is 0.267. The van der Waals surface area contributed by atoms with Crippen molar-refractivity contribution in [2.24, 2.45) is 0 Å². The summed E-state index contributed by atoms with van der Waals surface area (Å²) in [6.07, 6.45) is 2.71. The van der Waals surface area contributed by atoms with Gasteiger partial charge in [0.2, 0.25) is 0 Å². The summed E-state index contributed by atoms with van der Waals surface area (Å²) >= 11 is 0. The molecule has 3 heterocycles. The van der Waals surface area contributed by atoms with Crippen LogP contribution in [0, 0.1) is 0 Å². The number of hydrogen-bond acceptors (Lipinski definition) is 4. The van der Waals surface area contributed by atoms with Gasteiger partial charge in [-0.15, -0.1) is 5.10 Å². The minimum absolute atomic E-state index is 0.433. The van der Waals surface area contributed by atoms with E-state index in [1.165, 1.54) is 5.69 Å². The summed E-state index contributed by atoms with van der Waals surface area (Å²) in [5.74, 6) is 0.920. The van der Waals surface area contributed by atoms with Gasteiger partial charge in [-0.25, -0.2) is 4.68 Å². The van der Waals surface area contributed by atoms with E-state index in [2.05, 4.69) is 27.7 Å². The summed E-state index contributed by atoms with van der Waals surface area (Å²) in [5, 5.41) is 16.4. The van der Waals surface area contributed by atoms with E-state index in [9.17, 15) is 0 Å². The number of nitrogens with one attached hydrogen (secondary N) is 1. The number of fused-ring (bicyclic) bond motifs is 1. The van der Waals surface area contributed by atoms with E-state index in [0.717, 1.165) is 30.2 Å². The quantitative estimate of drug-likeness (QED) is 0.772. The predicted octanol–water partition coefficient (Wildman–Crippen LogP) is 1.49. The Bertz CT molecular complexity index is 758. The lowest BCUT2D eigenvalue weighted by Gasteiger charge is -2.20. The summed E-state index contributed by atoms with van der Waals surface area (Å²) in [6, 6.07) is 12.5. The molecule has 21 heavy (non-hydrogen) atoms. The molecule has 0 spiro atoms. The Balaban J connectivity index is 1.83. The van der Waals surface area contributed by atoms with Crippen molar-refractivity contribution in [3.05, 3.63) is 54.0 Å². The van der Waals surface area contributed by atoms with Crippen molar-refractivity contribution < 1.29 is 0 Å². The van der Waals surface area contributed by atoms with Crippen LogP contribution in [0.3, 0.4) is 0 Å². The first-order valence-corrected chi connectivity index (χ1v) is 7.09. The van der Waals surface area contributed by atoms with E-state index in [1.54, 1.807) is 6.20 Å². The van der Waals surface area contributed by atoms with Crippen molar-refractivity contribution in [3.8, 4) is 11.5 Å². The van der Waals surface area contributed by atoms with E-state index in [4.69, 9.17) is 0 Å². The third kappa shape index (κ3) is 2.04. The van der Waals surface area contributed by atoms with Crippen LogP contribution in [0.2, 0.25) is 0 Å². The van der Waals surface area contributed by atoms with Crippen molar-refractivity contribution in [1.29, 1.82) is 0 Å². The molecule has 0 radical (unpaired) electrons. The second kappa shape index (κ2) is 4.82. The van der Waals surface area contributed by atoms with Gasteiger partial charge in [0.1, 0.15) is 5.69 Å². The molecule has 106 valence electrons. The van der Waals surface area contributed by atoms with Gasteiger partial charge in [0.05, 0.1) is 17.6 Å². The number of para-hydroxylation sites is 1. The molecule has 3 aromatic rings. The summed E-state index contributed by atoms with van der Waals surface area (Å²) in [4.78, 5) is 0. The van der Waals surface area contributed by atoms with E-state index in [1.807, 2.05) is 45.8 Å². The van der Waals surface area contributed by atoms with Crippen LogP contribution in [0.4, 0.5) is 0 Å².